The van der Waals surface area contributed by atoms with Gasteiger partial charge >= 0.3 is 6.03 Å². The molecule has 2 aliphatic rings. The molecule has 1 aromatic carbocycles. The minimum Gasteiger partial charge on any atom is -0.493 e. The Kier molecular flexibility index (Phi) is 4.15. The summed E-state index contributed by atoms with van der Waals surface area (Å²) in [5.41, 5.74) is 2.25. The zero-order valence-corrected chi connectivity index (χ0v) is 13.0. The van der Waals surface area contributed by atoms with E-state index in [1.165, 1.54) is 18.4 Å². The first kappa shape index (κ1) is 13.7. The van der Waals surface area contributed by atoms with E-state index in [2.05, 4.69) is 32.6 Å². The Morgan fingerprint density at radius 1 is 1.35 bits per heavy atom. The summed E-state index contributed by atoms with van der Waals surface area (Å²) in [7, 11) is 0. The van der Waals surface area contributed by atoms with Gasteiger partial charge in [-0.15, -0.1) is 0 Å². The van der Waals surface area contributed by atoms with E-state index in [-0.39, 0.29) is 6.03 Å². The smallest absolute Gasteiger partial charge is 0.315 e. The van der Waals surface area contributed by atoms with Crippen molar-refractivity contribution in [2.45, 2.75) is 44.7 Å². The van der Waals surface area contributed by atoms with Gasteiger partial charge in [-0.2, -0.15) is 0 Å². The number of fused-ring (bicyclic) bond motifs is 1. The molecule has 1 aliphatic heterocycles. The molecular formula is C15H19BrN2O2. The maximum absolute atomic E-state index is 11.9. The highest BCUT2D eigenvalue weighted by atomic mass is 79.9. The van der Waals surface area contributed by atoms with Crippen molar-refractivity contribution in [1.82, 2.24) is 10.6 Å². The summed E-state index contributed by atoms with van der Waals surface area (Å²) in [5.74, 6) is 0.939. The predicted octanol–water partition coefficient (Wildman–Crippen LogP) is 3.13. The Balaban J connectivity index is 1.59. The fourth-order valence-corrected chi connectivity index (χ4v) is 3.51. The van der Waals surface area contributed by atoms with Crippen molar-refractivity contribution < 1.29 is 9.53 Å². The Morgan fingerprint density at radius 2 is 2.15 bits per heavy atom. The van der Waals surface area contributed by atoms with Crippen LogP contribution in [0.3, 0.4) is 0 Å². The van der Waals surface area contributed by atoms with Gasteiger partial charge in [0.25, 0.3) is 0 Å². The molecule has 0 radical (unpaired) electrons. The van der Waals surface area contributed by atoms with Crippen LogP contribution in [-0.4, -0.2) is 18.7 Å². The number of urea groups is 1. The molecular weight excluding hydrogens is 320 g/mol. The molecule has 1 aromatic rings. The van der Waals surface area contributed by atoms with E-state index in [1.54, 1.807) is 0 Å². The quantitative estimate of drug-likeness (QED) is 0.889. The Labute approximate surface area is 127 Å². The van der Waals surface area contributed by atoms with Gasteiger partial charge in [0, 0.05) is 29.0 Å². The molecule has 20 heavy (non-hydrogen) atoms. The predicted molar refractivity (Wildman–Crippen MR) is 81.0 cm³/mol. The van der Waals surface area contributed by atoms with Crippen LogP contribution in [-0.2, 0) is 13.0 Å². The van der Waals surface area contributed by atoms with Crippen molar-refractivity contribution in [2.24, 2.45) is 0 Å². The van der Waals surface area contributed by atoms with Crippen molar-refractivity contribution >= 4 is 22.0 Å². The Morgan fingerprint density at radius 3 is 2.95 bits per heavy atom. The summed E-state index contributed by atoms with van der Waals surface area (Å²) in [4.78, 5) is 11.9. The first-order valence-corrected chi connectivity index (χ1v) is 8.00. The van der Waals surface area contributed by atoms with Gasteiger partial charge in [-0.3, -0.25) is 0 Å². The molecule has 0 saturated heterocycles. The normalized spacial score (nSPS) is 17.6. The van der Waals surface area contributed by atoms with Crippen LogP contribution >= 0.6 is 15.9 Å². The molecule has 1 aliphatic carbocycles. The van der Waals surface area contributed by atoms with Gasteiger partial charge in [0.1, 0.15) is 5.75 Å². The lowest BCUT2D eigenvalue weighted by atomic mass is 10.1. The maximum Gasteiger partial charge on any atom is 0.315 e. The molecule has 0 spiro atoms. The number of hydrogen-bond acceptors (Lipinski definition) is 2. The molecule has 1 heterocycles. The average Bonchev–Trinajstić information content (AvgIpc) is 3.06. The number of ether oxygens (including phenoxy) is 1. The number of amides is 2. The fourth-order valence-electron chi connectivity index (χ4n) is 2.96. The number of carbonyl (C=O) groups is 1. The number of hydrogen-bond donors (Lipinski definition) is 2. The number of carbonyl (C=O) groups excluding carboxylic acids is 1. The van der Waals surface area contributed by atoms with Crippen LogP contribution in [0.5, 0.6) is 5.75 Å². The van der Waals surface area contributed by atoms with E-state index >= 15 is 0 Å². The third kappa shape index (κ3) is 3.08. The van der Waals surface area contributed by atoms with E-state index in [0.29, 0.717) is 12.6 Å². The molecule has 5 heteroatoms. The van der Waals surface area contributed by atoms with Crippen LogP contribution < -0.4 is 15.4 Å². The summed E-state index contributed by atoms with van der Waals surface area (Å²) >= 11 is 3.51. The van der Waals surface area contributed by atoms with E-state index in [1.807, 2.05) is 6.07 Å². The lowest BCUT2D eigenvalue weighted by Crippen LogP contribution is -2.40. The van der Waals surface area contributed by atoms with Gasteiger partial charge in [0.2, 0.25) is 0 Å². The molecule has 2 amide bonds. The van der Waals surface area contributed by atoms with E-state index in [0.717, 1.165) is 41.7 Å². The van der Waals surface area contributed by atoms with Crippen molar-refractivity contribution in [2.75, 3.05) is 6.61 Å². The molecule has 0 unspecified atom stereocenters. The lowest BCUT2D eigenvalue weighted by molar-refractivity contribution is 0.236. The van der Waals surface area contributed by atoms with Crippen LogP contribution in [0.1, 0.15) is 36.8 Å². The minimum absolute atomic E-state index is 0.0800. The standard InChI is InChI=1S/C15H19BrN2O2/c16-12-7-10-5-6-20-14(10)11(8-12)9-17-15(19)18-13-3-1-2-4-13/h7-8,13H,1-6,9H2,(H2,17,18,19). The average molecular weight is 339 g/mol. The zero-order chi connectivity index (χ0) is 13.9. The fraction of sp³-hybridized carbons (Fsp3) is 0.533. The number of nitrogens with one attached hydrogen (secondary N) is 2. The third-order valence-corrected chi connectivity index (χ3v) is 4.41. The molecule has 0 aromatic heterocycles. The second kappa shape index (κ2) is 6.04. The number of halogens is 1. The van der Waals surface area contributed by atoms with Crippen LogP contribution in [0.4, 0.5) is 4.79 Å². The molecule has 2 N–H and O–H groups in total. The maximum atomic E-state index is 11.9. The van der Waals surface area contributed by atoms with Gasteiger partial charge in [-0.1, -0.05) is 28.8 Å². The first-order valence-electron chi connectivity index (χ1n) is 7.21. The van der Waals surface area contributed by atoms with E-state index in [4.69, 9.17) is 4.74 Å². The second-order valence-electron chi connectivity index (χ2n) is 5.46. The monoisotopic (exact) mass is 338 g/mol. The molecule has 0 atom stereocenters. The zero-order valence-electron chi connectivity index (χ0n) is 11.4. The van der Waals surface area contributed by atoms with Gasteiger partial charge in [0.05, 0.1) is 6.61 Å². The van der Waals surface area contributed by atoms with Crippen LogP contribution in [0.15, 0.2) is 16.6 Å². The molecule has 1 fully saturated rings. The minimum atomic E-state index is -0.0800. The van der Waals surface area contributed by atoms with Crippen molar-refractivity contribution in [1.29, 1.82) is 0 Å². The molecule has 1 saturated carbocycles. The van der Waals surface area contributed by atoms with E-state index in [9.17, 15) is 4.79 Å². The van der Waals surface area contributed by atoms with E-state index < -0.39 is 0 Å². The van der Waals surface area contributed by atoms with Gasteiger partial charge in [0.15, 0.2) is 0 Å². The van der Waals surface area contributed by atoms with Gasteiger partial charge < -0.3 is 15.4 Å². The Hall–Kier alpha value is -1.23. The first-order chi connectivity index (χ1) is 9.72. The highest BCUT2D eigenvalue weighted by Crippen LogP contribution is 2.32. The molecule has 4 nitrogen and oxygen atoms in total. The highest BCUT2D eigenvalue weighted by molar-refractivity contribution is 9.10. The third-order valence-electron chi connectivity index (χ3n) is 3.96. The summed E-state index contributed by atoms with van der Waals surface area (Å²) in [6.07, 6.45) is 5.58. The lowest BCUT2D eigenvalue weighted by Gasteiger charge is -2.14. The summed E-state index contributed by atoms with van der Waals surface area (Å²) in [5, 5.41) is 5.96. The molecule has 108 valence electrons. The number of rotatable bonds is 3. The molecule has 0 bridgehead atoms. The van der Waals surface area contributed by atoms with Gasteiger partial charge in [-0.25, -0.2) is 4.79 Å². The summed E-state index contributed by atoms with van der Waals surface area (Å²) < 4.78 is 6.69. The van der Waals surface area contributed by atoms with Crippen LogP contribution in [0, 0.1) is 0 Å². The molecule has 3 rings (SSSR count). The van der Waals surface area contributed by atoms with Crippen LogP contribution in [0.25, 0.3) is 0 Å². The SMILES string of the molecule is O=C(NCc1cc(Br)cc2c1OCC2)NC1CCCC1. The Bertz CT molecular complexity index is 513. The van der Waals surface area contributed by atoms with Gasteiger partial charge in [-0.05, 0) is 30.5 Å². The largest absolute Gasteiger partial charge is 0.493 e. The van der Waals surface area contributed by atoms with Crippen molar-refractivity contribution in [3.05, 3.63) is 27.7 Å². The van der Waals surface area contributed by atoms with Crippen LogP contribution in [0.2, 0.25) is 0 Å². The summed E-state index contributed by atoms with van der Waals surface area (Å²) in [6, 6.07) is 4.37. The van der Waals surface area contributed by atoms with Crippen molar-refractivity contribution in [3.63, 3.8) is 0 Å². The number of benzene rings is 1. The second-order valence-corrected chi connectivity index (χ2v) is 6.38. The summed E-state index contributed by atoms with van der Waals surface area (Å²) in [6.45, 7) is 1.23. The topological polar surface area (TPSA) is 50.4 Å². The van der Waals surface area contributed by atoms with Crippen molar-refractivity contribution in [3.8, 4) is 5.75 Å². The highest BCUT2D eigenvalue weighted by Gasteiger charge is 2.19.